The van der Waals surface area contributed by atoms with Crippen LogP contribution in [0, 0.1) is 11.8 Å². The minimum absolute atomic E-state index is 0.0168. The molecule has 1 aliphatic heterocycles. The Kier molecular flexibility index (Phi) is 7.22. The molecule has 4 nitrogen and oxygen atoms in total. The summed E-state index contributed by atoms with van der Waals surface area (Å²) in [6, 6.07) is 7.52. The average molecular weight is 503 g/mol. The zero-order valence-electron chi connectivity index (χ0n) is 19.0. The first-order chi connectivity index (χ1) is 16.4. The number of piperidine rings is 1. The zero-order valence-corrected chi connectivity index (χ0v) is 19.0. The predicted molar refractivity (Wildman–Crippen MR) is 117 cm³/mol. The van der Waals surface area contributed by atoms with Gasteiger partial charge in [-0.3, -0.25) is 9.69 Å². The molecule has 0 spiro atoms. The van der Waals surface area contributed by atoms with Crippen molar-refractivity contribution >= 4 is 16.7 Å². The van der Waals surface area contributed by atoms with Crippen LogP contribution in [0.15, 0.2) is 30.3 Å². The molecule has 0 amide bonds. The van der Waals surface area contributed by atoms with Gasteiger partial charge in [0.1, 0.15) is 11.3 Å². The van der Waals surface area contributed by atoms with E-state index in [0.29, 0.717) is 43.4 Å². The van der Waals surface area contributed by atoms with E-state index in [0.717, 1.165) is 0 Å². The summed E-state index contributed by atoms with van der Waals surface area (Å²) < 4.78 is 86.9. The molecule has 1 N–H and O–H groups in total. The van der Waals surface area contributed by atoms with E-state index in [9.17, 15) is 31.1 Å². The van der Waals surface area contributed by atoms with Crippen molar-refractivity contribution in [2.24, 2.45) is 11.8 Å². The quantitative estimate of drug-likeness (QED) is 0.464. The van der Waals surface area contributed by atoms with Crippen LogP contribution >= 0.6 is 0 Å². The Morgan fingerprint density at radius 1 is 0.914 bits per heavy atom. The molecule has 0 radical (unpaired) electrons. The number of carboxylic acids is 1. The van der Waals surface area contributed by atoms with Crippen molar-refractivity contribution in [3.05, 3.63) is 41.5 Å². The van der Waals surface area contributed by atoms with Crippen LogP contribution in [0.1, 0.15) is 49.7 Å². The van der Waals surface area contributed by atoms with Gasteiger partial charge in [-0.1, -0.05) is 24.3 Å². The number of carbonyl (C=O) groups is 1. The highest BCUT2D eigenvalue weighted by atomic mass is 19.4. The number of carboxylic acid groups (broad SMARTS) is 1. The van der Waals surface area contributed by atoms with Crippen LogP contribution in [0.5, 0.6) is 5.75 Å². The second kappa shape index (κ2) is 9.87. The van der Waals surface area contributed by atoms with Crippen LogP contribution in [-0.2, 0) is 17.5 Å². The summed E-state index contributed by atoms with van der Waals surface area (Å²) >= 11 is 0. The van der Waals surface area contributed by atoms with Crippen LogP contribution in [0.2, 0.25) is 0 Å². The van der Waals surface area contributed by atoms with E-state index in [1.165, 1.54) is 12.1 Å². The number of ether oxygens (including phenoxy) is 1. The average Bonchev–Trinajstić information content (AvgIpc) is 2.78. The summed E-state index contributed by atoms with van der Waals surface area (Å²) in [5, 5.41) is 9.58. The molecule has 10 heteroatoms. The fourth-order valence-corrected chi connectivity index (χ4v) is 5.20. The molecule has 1 saturated heterocycles. The summed E-state index contributed by atoms with van der Waals surface area (Å²) in [7, 11) is 0. The molecule has 0 unspecified atom stereocenters. The normalized spacial score (nSPS) is 22.9. The molecular formula is C25H27F6NO3. The smallest absolute Gasteiger partial charge is 0.420 e. The van der Waals surface area contributed by atoms with Crippen molar-refractivity contribution in [3.8, 4) is 5.75 Å². The van der Waals surface area contributed by atoms with Gasteiger partial charge in [-0.15, -0.1) is 0 Å². The van der Waals surface area contributed by atoms with Crippen LogP contribution < -0.4 is 4.74 Å². The fourth-order valence-electron chi connectivity index (χ4n) is 5.20. The van der Waals surface area contributed by atoms with Gasteiger partial charge >= 0.3 is 18.3 Å². The number of alkyl halides is 6. The third-order valence-electron chi connectivity index (χ3n) is 7.16. The molecule has 192 valence electrons. The maximum absolute atomic E-state index is 14.2. The Morgan fingerprint density at radius 3 is 2.14 bits per heavy atom. The van der Waals surface area contributed by atoms with E-state index in [1.54, 1.807) is 18.2 Å². The molecule has 35 heavy (non-hydrogen) atoms. The maximum atomic E-state index is 14.2. The van der Waals surface area contributed by atoms with E-state index in [4.69, 9.17) is 9.84 Å². The zero-order chi connectivity index (χ0) is 25.4. The molecule has 2 aromatic rings. The van der Waals surface area contributed by atoms with Crippen LogP contribution in [0.25, 0.3) is 10.8 Å². The van der Waals surface area contributed by atoms with Gasteiger partial charge in [-0.05, 0) is 74.0 Å². The van der Waals surface area contributed by atoms with E-state index < -0.39 is 41.8 Å². The lowest BCUT2D eigenvalue weighted by molar-refractivity contribution is -0.185. The first-order valence-corrected chi connectivity index (χ1v) is 11.7. The minimum Gasteiger partial charge on any atom is -0.490 e. The van der Waals surface area contributed by atoms with Crippen LogP contribution in [-0.4, -0.2) is 41.3 Å². The van der Waals surface area contributed by atoms with Crippen molar-refractivity contribution in [3.63, 3.8) is 0 Å². The van der Waals surface area contributed by atoms with E-state index in [-0.39, 0.29) is 36.8 Å². The van der Waals surface area contributed by atoms with E-state index >= 15 is 0 Å². The monoisotopic (exact) mass is 503 g/mol. The summed E-state index contributed by atoms with van der Waals surface area (Å²) in [6.07, 6.45) is -8.97. The highest BCUT2D eigenvalue weighted by Crippen LogP contribution is 2.44. The molecule has 0 aromatic heterocycles. The summed E-state index contributed by atoms with van der Waals surface area (Å²) in [4.78, 5) is 13.2. The Morgan fingerprint density at radius 2 is 1.57 bits per heavy atom. The highest BCUT2D eigenvalue weighted by Gasteiger charge is 2.43. The predicted octanol–water partition coefficient (Wildman–Crippen LogP) is 6.66. The van der Waals surface area contributed by atoms with Crippen molar-refractivity contribution in [2.75, 3.05) is 13.1 Å². The van der Waals surface area contributed by atoms with Gasteiger partial charge in [0, 0.05) is 6.54 Å². The minimum atomic E-state index is -4.71. The Balaban J connectivity index is 1.56. The lowest BCUT2D eigenvalue weighted by atomic mass is 9.87. The standard InChI is InChI=1S/C25H27F6NO3/c26-24(27,28)17-4-6-18(7-5-17)35-21-9-8-19-16(2-1-3-20(19)22(21)25(29,30)31)14-32-12-10-15(11-13-32)23(33)34/h1-3,8-9,15,17-18H,4-7,10-14H2,(H,33,34). The van der Waals surface area contributed by atoms with E-state index in [2.05, 4.69) is 0 Å². The number of fused-ring (bicyclic) bond motifs is 1. The van der Waals surface area contributed by atoms with Gasteiger partial charge in [0.2, 0.25) is 0 Å². The van der Waals surface area contributed by atoms with Crippen LogP contribution in [0.4, 0.5) is 26.3 Å². The molecule has 2 aromatic carbocycles. The molecular weight excluding hydrogens is 476 g/mol. The number of halogens is 6. The van der Waals surface area contributed by atoms with Crippen LogP contribution in [0.3, 0.4) is 0 Å². The molecule has 4 rings (SSSR count). The molecule has 1 saturated carbocycles. The Hall–Kier alpha value is -2.49. The lowest BCUT2D eigenvalue weighted by Crippen LogP contribution is -2.35. The number of rotatable bonds is 5. The molecule has 0 atom stereocenters. The second-order valence-electron chi connectivity index (χ2n) is 9.47. The van der Waals surface area contributed by atoms with Gasteiger partial charge in [0.05, 0.1) is 17.9 Å². The SMILES string of the molecule is O=C(O)C1CCN(Cc2cccc3c(C(F)(F)F)c(OC4CCC(C(F)(F)F)CC4)ccc23)CC1. The maximum Gasteiger partial charge on any atom is 0.420 e. The molecule has 1 heterocycles. The van der Waals surface area contributed by atoms with Gasteiger partial charge in [0.25, 0.3) is 0 Å². The summed E-state index contributed by atoms with van der Waals surface area (Å²) in [6.45, 7) is 1.48. The van der Waals surface area contributed by atoms with E-state index in [1.807, 2.05) is 4.90 Å². The summed E-state index contributed by atoms with van der Waals surface area (Å²) in [5.74, 6) is -3.03. The summed E-state index contributed by atoms with van der Waals surface area (Å²) in [5.41, 5.74) is -0.224. The first-order valence-electron chi connectivity index (χ1n) is 11.7. The topological polar surface area (TPSA) is 49.8 Å². The third kappa shape index (κ3) is 5.85. The van der Waals surface area contributed by atoms with Crippen molar-refractivity contribution in [2.45, 2.75) is 63.5 Å². The number of benzene rings is 2. The number of hydrogen-bond acceptors (Lipinski definition) is 3. The van der Waals surface area contributed by atoms with Gasteiger partial charge in [-0.25, -0.2) is 0 Å². The number of aliphatic carboxylic acids is 1. The Bertz CT molecular complexity index is 1050. The molecule has 2 fully saturated rings. The first kappa shape index (κ1) is 25.6. The largest absolute Gasteiger partial charge is 0.490 e. The Labute approximate surface area is 198 Å². The van der Waals surface area contributed by atoms with Gasteiger partial charge < -0.3 is 9.84 Å². The number of hydrogen-bond donors (Lipinski definition) is 1. The number of likely N-dealkylation sites (tertiary alicyclic amines) is 1. The second-order valence-corrected chi connectivity index (χ2v) is 9.47. The van der Waals surface area contributed by atoms with Crippen molar-refractivity contribution < 1.29 is 41.0 Å². The van der Waals surface area contributed by atoms with Crippen molar-refractivity contribution in [1.82, 2.24) is 4.90 Å². The fraction of sp³-hybridized carbons (Fsp3) is 0.560. The van der Waals surface area contributed by atoms with Gasteiger partial charge in [0.15, 0.2) is 0 Å². The van der Waals surface area contributed by atoms with Crippen molar-refractivity contribution in [1.29, 1.82) is 0 Å². The molecule has 1 aliphatic carbocycles. The molecule has 0 bridgehead atoms. The lowest BCUT2D eigenvalue weighted by Gasteiger charge is -2.31. The molecule has 2 aliphatic rings. The number of nitrogens with zero attached hydrogens (tertiary/aromatic N) is 1. The van der Waals surface area contributed by atoms with Gasteiger partial charge in [-0.2, -0.15) is 26.3 Å². The third-order valence-corrected chi connectivity index (χ3v) is 7.16. The highest BCUT2D eigenvalue weighted by molar-refractivity contribution is 5.91.